The van der Waals surface area contributed by atoms with Crippen LogP contribution in [0.3, 0.4) is 0 Å². The molecule has 0 aromatic carbocycles. The molecule has 0 radical (unpaired) electrons. The van der Waals surface area contributed by atoms with Crippen molar-refractivity contribution in [2.45, 2.75) is 32.8 Å². The fraction of sp³-hybridized carbons (Fsp3) is 0.833. The van der Waals surface area contributed by atoms with Crippen LogP contribution >= 0.6 is 15.9 Å². The molecule has 0 bridgehead atoms. The molecule has 2 N–H and O–H groups in total. The SMILES string of the molecule is CC(C)(C)OC(=O)NOCCOCC(=O)NCCCBr. The van der Waals surface area contributed by atoms with E-state index in [1.165, 1.54) is 0 Å². The van der Waals surface area contributed by atoms with Gasteiger partial charge in [0.2, 0.25) is 5.91 Å². The molecule has 118 valence electrons. The molecule has 8 heteroatoms. The minimum atomic E-state index is -0.662. The van der Waals surface area contributed by atoms with Crippen LogP contribution < -0.4 is 10.8 Å². The molecule has 2 amide bonds. The number of rotatable bonds is 9. The number of nitrogens with one attached hydrogen (secondary N) is 2. The summed E-state index contributed by atoms with van der Waals surface area (Å²) in [6.45, 7) is 6.18. The molecular formula is C12H23BrN2O5. The monoisotopic (exact) mass is 354 g/mol. The van der Waals surface area contributed by atoms with E-state index in [2.05, 4.69) is 26.7 Å². The average Bonchev–Trinajstić information content (AvgIpc) is 2.31. The molecular weight excluding hydrogens is 332 g/mol. The molecule has 0 saturated heterocycles. The smallest absolute Gasteiger partial charge is 0.431 e. The lowest BCUT2D eigenvalue weighted by molar-refractivity contribution is -0.126. The van der Waals surface area contributed by atoms with E-state index in [1.807, 2.05) is 0 Å². The predicted octanol–water partition coefficient (Wildman–Crippen LogP) is 1.36. The number of amides is 2. The van der Waals surface area contributed by atoms with Gasteiger partial charge in [-0.15, -0.1) is 0 Å². The minimum absolute atomic E-state index is 0.0297. The number of hydrogen-bond donors (Lipinski definition) is 2. The summed E-state index contributed by atoms with van der Waals surface area (Å²) in [5, 5.41) is 3.54. The van der Waals surface area contributed by atoms with Crippen LogP contribution in [0.2, 0.25) is 0 Å². The Kier molecular flexibility index (Phi) is 10.4. The Hall–Kier alpha value is -0.860. The van der Waals surface area contributed by atoms with Crippen molar-refractivity contribution in [2.75, 3.05) is 31.7 Å². The average molecular weight is 355 g/mol. The second-order valence-corrected chi connectivity index (χ2v) is 5.69. The van der Waals surface area contributed by atoms with Gasteiger partial charge in [-0.1, -0.05) is 15.9 Å². The number of hydroxylamine groups is 1. The zero-order valence-electron chi connectivity index (χ0n) is 12.2. The molecule has 0 fully saturated rings. The standard InChI is InChI=1S/C12H23BrN2O5/c1-12(2,3)20-11(17)15-19-8-7-18-9-10(16)14-6-4-5-13/h4-9H2,1-3H3,(H,14,16)(H,15,17). The van der Waals surface area contributed by atoms with Gasteiger partial charge in [-0.3, -0.25) is 9.63 Å². The van der Waals surface area contributed by atoms with Gasteiger partial charge in [0.05, 0.1) is 13.2 Å². The normalized spacial score (nSPS) is 11.0. The molecule has 0 spiro atoms. The summed E-state index contributed by atoms with van der Waals surface area (Å²) in [5.41, 5.74) is 1.55. The Balaban J connectivity index is 3.40. The number of ether oxygens (including phenoxy) is 2. The van der Waals surface area contributed by atoms with E-state index >= 15 is 0 Å². The van der Waals surface area contributed by atoms with Gasteiger partial charge >= 0.3 is 6.09 Å². The first-order chi connectivity index (χ1) is 9.35. The quantitative estimate of drug-likeness (QED) is 0.371. The van der Waals surface area contributed by atoms with Crippen LogP contribution in [0.1, 0.15) is 27.2 Å². The first kappa shape index (κ1) is 19.1. The highest BCUT2D eigenvalue weighted by Gasteiger charge is 2.15. The van der Waals surface area contributed by atoms with E-state index < -0.39 is 11.7 Å². The molecule has 0 unspecified atom stereocenters. The Morgan fingerprint density at radius 2 is 1.90 bits per heavy atom. The first-order valence-corrected chi connectivity index (χ1v) is 7.48. The third-order valence-electron chi connectivity index (χ3n) is 1.75. The molecule has 0 saturated carbocycles. The Labute approximate surface area is 127 Å². The summed E-state index contributed by atoms with van der Waals surface area (Å²) < 4.78 is 10.0. The van der Waals surface area contributed by atoms with Gasteiger partial charge in [0.15, 0.2) is 0 Å². The summed E-state index contributed by atoms with van der Waals surface area (Å²) in [6, 6.07) is 0. The Morgan fingerprint density at radius 3 is 2.50 bits per heavy atom. The van der Waals surface area contributed by atoms with Crippen molar-refractivity contribution in [3.63, 3.8) is 0 Å². The van der Waals surface area contributed by atoms with Crippen LogP contribution in [-0.4, -0.2) is 49.3 Å². The van der Waals surface area contributed by atoms with E-state index in [0.717, 1.165) is 11.8 Å². The van der Waals surface area contributed by atoms with E-state index in [0.29, 0.717) is 6.54 Å². The van der Waals surface area contributed by atoms with Gasteiger partial charge in [0.1, 0.15) is 12.2 Å². The molecule has 0 aromatic heterocycles. The second kappa shape index (κ2) is 10.9. The maximum atomic E-state index is 11.2. The highest BCUT2D eigenvalue weighted by Crippen LogP contribution is 2.06. The highest BCUT2D eigenvalue weighted by atomic mass is 79.9. The van der Waals surface area contributed by atoms with Crippen molar-refractivity contribution in [3.05, 3.63) is 0 Å². The largest absolute Gasteiger partial charge is 0.442 e. The molecule has 7 nitrogen and oxygen atoms in total. The first-order valence-electron chi connectivity index (χ1n) is 6.36. The van der Waals surface area contributed by atoms with Crippen molar-refractivity contribution < 1.29 is 23.9 Å². The van der Waals surface area contributed by atoms with Gasteiger partial charge in [-0.25, -0.2) is 4.79 Å². The Morgan fingerprint density at radius 1 is 1.20 bits per heavy atom. The van der Waals surface area contributed by atoms with Crippen LogP contribution in [0.25, 0.3) is 0 Å². The fourth-order valence-electron chi connectivity index (χ4n) is 1.02. The summed E-state index contributed by atoms with van der Waals surface area (Å²) in [4.78, 5) is 27.2. The van der Waals surface area contributed by atoms with Crippen LogP contribution in [0.5, 0.6) is 0 Å². The molecule has 0 aliphatic heterocycles. The van der Waals surface area contributed by atoms with Crippen molar-refractivity contribution >= 4 is 27.9 Å². The predicted molar refractivity (Wildman–Crippen MR) is 77.6 cm³/mol. The number of halogens is 1. The van der Waals surface area contributed by atoms with Gasteiger partial charge in [-0.2, -0.15) is 5.48 Å². The molecule has 0 rings (SSSR count). The molecule has 0 aromatic rings. The summed E-state index contributed by atoms with van der Waals surface area (Å²) in [5.74, 6) is -0.175. The summed E-state index contributed by atoms with van der Waals surface area (Å²) in [6.07, 6.45) is 0.208. The maximum Gasteiger partial charge on any atom is 0.431 e. The minimum Gasteiger partial charge on any atom is -0.442 e. The molecule has 0 aliphatic carbocycles. The zero-order chi connectivity index (χ0) is 15.4. The zero-order valence-corrected chi connectivity index (χ0v) is 13.7. The molecule has 0 aliphatic rings. The van der Waals surface area contributed by atoms with Crippen molar-refractivity contribution in [2.24, 2.45) is 0 Å². The van der Waals surface area contributed by atoms with E-state index in [1.54, 1.807) is 20.8 Å². The lowest BCUT2D eigenvalue weighted by atomic mass is 10.2. The molecule has 0 heterocycles. The van der Waals surface area contributed by atoms with E-state index in [9.17, 15) is 9.59 Å². The van der Waals surface area contributed by atoms with Crippen molar-refractivity contribution in [3.8, 4) is 0 Å². The third-order valence-corrected chi connectivity index (χ3v) is 2.31. The van der Waals surface area contributed by atoms with Gasteiger partial charge < -0.3 is 14.8 Å². The van der Waals surface area contributed by atoms with Gasteiger partial charge in [-0.05, 0) is 27.2 Å². The maximum absolute atomic E-state index is 11.2. The van der Waals surface area contributed by atoms with E-state index in [-0.39, 0.29) is 25.7 Å². The number of hydrogen-bond acceptors (Lipinski definition) is 5. The molecule has 20 heavy (non-hydrogen) atoms. The van der Waals surface area contributed by atoms with Crippen LogP contribution in [0.4, 0.5) is 4.79 Å². The number of alkyl halides is 1. The van der Waals surface area contributed by atoms with Crippen molar-refractivity contribution in [1.29, 1.82) is 0 Å². The van der Waals surface area contributed by atoms with E-state index in [4.69, 9.17) is 14.3 Å². The third kappa shape index (κ3) is 13.6. The van der Waals surface area contributed by atoms with Crippen molar-refractivity contribution in [1.82, 2.24) is 10.8 Å². The number of carbonyl (C=O) groups excluding carboxylic acids is 2. The van der Waals surface area contributed by atoms with Crippen LogP contribution in [0, 0.1) is 0 Å². The second-order valence-electron chi connectivity index (χ2n) is 4.90. The van der Waals surface area contributed by atoms with Crippen LogP contribution in [0.15, 0.2) is 0 Å². The van der Waals surface area contributed by atoms with Crippen LogP contribution in [-0.2, 0) is 19.1 Å². The number of carbonyl (C=O) groups is 2. The Bertz CT molecular complexity index is 294. The van der Waals surface area contributed by atoms with Gasteiger partial charge in [0, 0.05) is 11.9 Å². The fourth-order valence-corrected chi connectivity index (χ4v) is 1.30. The topological polar surface area (TPSA) is 85.9 Å². The summed E-state index contributed by atoms with van der Waals surface area (Å²) >= 11 is 3.27. The summed E-state index contributed by atoms with van der Waals surface area (Å²) in [7, 11) is 0. The lowest BCUT2D eigenvalue weighted by Crippen LogP contribution is -2.33. The van der Waals surface area contributed by atoms with Gasteiger partial charge in [0.25, 0.3) is 0 Å². The molecule has 0 atom stereocenters. The highest BCUT2D eigenvalue weighted by molar-refractivity contribution is 9.09. The lowest BCUT2D eigenvalue weighted by Gasteiger charge is -2.19.